The Kier molecular flexibility index (Phi) is 6.91. The molecule has 2 spiro atoms. The Balaban J connectivity index is 1.25. The number of hydrogen-bond donors (Lipinski definition) is 0. The van der Waals surface area contributed by atoms with Crippen LogP contribution in [0.3, 0.4) is 0 Å². The molecule has 0 N–H and O–H groups in total. The van der Waals surface area contributed by atoms with Gasteiger partial charge in [0, 0.05) is 20.8 Å². The van der Waals surface area contributed by atoms with Crippen molar-refractivity contribution in [1.82, 2.24) is 0 Å². The summed E-state index contributed by atoms with van der Waals surface area (Å²) < 4.78 is 6.51. The third kappa shape index (κ3) is 4.09. The smallest absolute Gasteiger partial charge is 0.137 e. The molecule has 3 aliphatic carbocycles. The summed E-state index contributed by atoms with van der Waals surface area (Å²) in [5.41, 5.74) is 16.3. The Hall–Kier alpha value is -6.46. The molecule has 1 unspecified atom stereocenters. The minimum Gasteiger partial charge on any atom is -0.456 e. The van der Waals surface area contributed by atoms with E-state index in [0.717, 1.165) is 33.3 Å². The van der Waals surface area contributed by atoms with Gasteiger partial charge in [0.25, 0.3) is 0 Å². The van der Waals surface area contributed by atoms with Crippen LogP contribution in [0, 0.1) is 0 Å². The highest BCUT2D eigenvalue weighted by Gasteiger charge is 2.60. The van der Waals surface area contributed by atoms with Crippen LogP contribution in [0.25, 0.3) is 38.6 Å². The minimum absolute atomic E-state index is 0.501. The van der Waals surface area contributed by atoms with Crippen LogP contribution in [0.1, 0.15) is 50.1 Å². The van der Waals surface area contributed by atoms with E-state index in [1.165, 1.54) is 70.4 Å². The van der Waals surface area contributed by atoms with Gasteiger partial charge in [0.1, 0.15) is 16.2 Å². The number of benzene rings is 6. The lowest BCUT2D eigenvalue weighted by molar-refractivity contribution is 0.651. The quantitative estimate of drug-likeness (QED) is 0.162. The van der Waals surface area contributed by atoms with Crippen molar-refractivity contribution in [3.8, 4) is 11.1 Å². The molecule has 0 saturated carbocycles. The summed E-state index contributed by atoms with van der Waals surface area (Å²) in [6, 6.07) is 58.1. The van der Waals surface area contributed by atoms with Crippen molar-refractivity contribution in [2.75, 3.05) is 4.90 Å². The summed E-state index contributed by atoms with van der Waals surface area (Å²) in [7, 11) is 0. The largest absolute Gasteiger partial charge is 0.456 e. The average molecular weight is 766 g/mol. The van der Waals surface area contributed by atoms with Gasteiger partial charge in [0.2, 0.25) is 0 Å². The van der Waals surface area contributed by atoms with E-state index in [0.29, 0.717) is 0 Å². The topological polar surface area (TPSA) is 16.4 Å². The minimum atomic E-state index is -0.502. The van der Waals surface area contributed by atoms with Gasteiger partial charge in [-0.05, 0) is 110 Å². The molecule has 0 amide bonds. The van der Waals surface area contributed by atoms with E-state index in [9.17, 15) is 0 Å². The SMILES string of the molecule is C=C/C=C\C1=C(C)C2(c3ccccc31)c1ccsc1C1(c3ccccc3-c3ccccc31)c1cc(N(c3ccccc3)c3cccc4oc5ccccc5c34)sc12. The monoisotopic (exact) mass is 765 g/mol. The molecule has 57 heavy (non-hydrogen) atoms. The van der Waals surface area contributed by atoms with E-state index in [1.807, 2.05) is 28.7 Å². The normalized spacial score (nSPS) is 17.0. The molecule has 0 aliphatic heterocycles. The molecule has 0 bridgehead atoms. The van der Waals surface area contributed by atoms with Crippen LogP contribution < -0.4 is 4.90 Å². The molecule has 3 heterocycles. The Morgan fingerprint density at radius 1 is 0.596 bits per heavy atom. The molecule has 270 valence electrons. The van der Waals surface area contributed by atoms with Crippen molar-refractivity contribution in [3.05, 3.63) is 237 Å². The molecular formula is C53H35NOS2. The number of allylic oxidation sites excluding steroid dienone is 5. The van der Waals surface area contributed by atoms with Gasteiger partial charge in [0.05, 0.1) is 21.9 Å². The van der Waals surface area contributed by atoms with Crippen molar-refractivity contribution >= 4 is 66.6 Å². The van der Waals surface area contributed by atoms with Crippen LogP contribution in [0.2, 0.25) is 0 Å². The maximum Gasteiger partial charge on any atom is 0.137 e. The standard InChI is InChI=1S/C53H35NOS2/c1-3-4-19-35-33(2)52(40-24-12-8-20-36(35)40)43-30-31-56-50(43)53(41-25-13-9-21-37(41)38-22-10-14-26-42(38)53)44-32-48(57-51(44)52)54(34-17-6-5-7-18-34)45-27-16-29-47-49(45)39-23-11-15-28-46(39)55-47/h3-32H,1H2,2H3/b19-4-. The van der Waals surface area contributed by atoms with E-state index in [-0.39, 0.29) is 0 Å². The predicted octanol–water partition coefficient (Wildman–Crippen LogP) is 14.7. The lowest BCUT2D eigenvalue weighted by atomic mass is 9.57. The van der Waals surface area contributed by atoms with Gasteiger partial charge in [-0.1, -0.05) is 140 Å². The summed E-state index contributed by atoms with van der Waals surface area (Å²) in [6.45, 7) is 6.43. The zero-order chi connectivity index (χ0) is 37.9. The van der Waals surface area contributed by atoms with Crippen molar-refractivity contribution < 1.29 is 4.42 Å². The van der Waals surface area contributed by atoms with Crippen LogP contribution in [-0.4, -0.2) is 0 Å². The first-order valence-electron chi connectivity index (χ1n) is 19.5. The van der Waals surface area contributed by atoms with E-state index in [4.69, 9.17) is 4.42 Å². The predicted molar refractivity (Wildman–Crippen MR) is 240 cm³/mol. The molecule has 9 aromatic rings. The number of hydrogen-bond acceptors (Lipinski definition) is 4. The fourth-order valence-electron chi connectivity index (χ4n) is 10.5. The second kappa shape index (κ2) is 12.0. The summed E-state index contributed by atoms with van der Waals surface area (Å²) in [4.78, 5) is 5.24. The lowest BCUT2D eigenvalue weighted by Gasteiger charge is -2.45. The third-order valence-electron chi connectivity index (χ3n) is 12.7. The van der Waals surface area contributed by atoms with Gasteiger partial charge >= 0.3 is 0 Å². The number of para-hydroxylation sites is 2. The first kappa shape index (κ1) is 32.8. The van der Waals surface area contributed by atoms with Gasteiger partial charge in [0.15, 0.2) is 0 Å². The Bertz CT molecular complexity index is 3140. The van der Waals surface area contributed by atoms with E-state index in [1.54, 1.807) is 0 Å². The number of thiophene rings is 2. The van der Waals surface area contributed by atoms with Crippen LogP contribution in [0.15, 0.2) is 198 Å². The molecule has 3 aliphatic rings. The Labute approximate surface area is 339 Å². The van der Waals surface area contributed by atoms with Gasteiger partial charge in [-0.3, -0.25) is 0 Å². The second-order valence-corrected chi connectivity index (χ2v) is 17.1. The number of fused-ring (bicyclic) bond motifs is 16. The van der Waals surface area contributed by atoms with Crippen molar-refractivity contribution in [2.24, 2.45) is 0 Å². The van der Waals surface area contributed by atoms with Gasteiger partial charge < -0.3 is 9.32 Å². The van der Waals surface area contributed by atoms with Gasteiger partial charge in [-0.15, -0.1) is 22.7 Å². The third-order valence-corrected chi connectivity index (χ3v) is 14.9. The van der Waals surface area contributed by atoms with E-state index in [2.05, 4.69) is 194 Å². The van der Waals surface area contributed by atoms with Crippen LogP contribution in [0.4, 0.5) is 16.4 Å². The second-order valence-electron chi connectivity index (χ2n) is 15.2. The molecular weight excluding hydrogens is 731 g/mol. The van der Waals surface area contributed by atoms with E-state index < -0.39 is 10.8 Å². The molecule has 0 fully saturated rings. The molecule has 4 heteroatoms. The summed E-state index contributed by atoms with van der Waals surface area (Å²) in [6.07, 6.45) is 6.24. The Morgan fingerprint density at radius 3 is 2.00 bits per heavy atom. The molecule has 12 rings (SSSR count). The average Bonchev–Trinajstić information content (AvgIpc) is 4.09. The molecule has 2 nitrogen and oxygen atoms in total. The van der Waals surface area contributed by atoms with E-state index >= 15 is 0 Å². The molecule has 0 saturated heterocycles. The lowest BCUT2D eigenvalue weighted by Crippen LogP contribution is -2.41. The first-order chi connectivity index (χ1) is 28.2. The maximum atomic E-state index is 6.51. The highest BCUT2D eigenvalue weighted by molar-refractivity contribution is 7.17. The fraction of sp³-hybridized carbons (Fsp3) is 0.0566. The molecule has 1 atom stereocenters. The van der Waals surface area contributed by atoms with Crippen LogP contribution in [0.5, 0.6) is 0 Å². The van der Waals surface area contributed by atoms with Crippen molar-refractivity contribution in [2.45, 2.75) is 17.8 Å². The number of anilines is 3. The van der Waals surface area contributed by atoms with Gasteiger partial charge in [-0.25, -0.2) is 0 Å². The fourth-order valence-corrected chi connectivity index (χ4v) is 13.3. The Morgan fingerprint density at radius 2 is 1.25 bits per heavy atom. The van der Waals surface area contributed by atoms with Crippen molar-refractivity contribution in [1.29, 1.82) is 0 Å². The molecule has 0 radical (unpaired) electrons. The van der Waals surface area contributed by atoms with Gasteiger partial charge in [-0.2, -0.15) is 0 Å². The highest BCUT2D eigenvalue weighted by atomic mass is 32.1. The summed E-state index contributed by atoms with van der Waals surface area (Å²) >= 11 is 3.84. The molecule has 6 aromatic carbocycles. The van der Waals surface area contributed by atoms with Crippen LogP contribution in [-0.2, 0) is 10.8 Å². The highest BCUT2D eigenvalue weighted by Crippen LogP contribution is 2.70. The number of furan rings is 1. The summed E-state index contributed by atoms with van der Waals surface area (Å²) in [5, 5.41) is 5.73. The van der Waals surface area contributed by atoms with Crippen molar-refractivity contribution in [3.63, 3.8) is 0 Å². The zero-order valence-electron chi connectivity index (χ0n) is 31.2. The van der Waals surface area contributed by atoms with Crippen LogP contribution >= 0.6 is 22.7 Å². The summed E-state index contributed by atoms with van der Waals surface area (Å²) in [5.74, 6) is 0. The molecule has 3 aromatic heterocycles. The number of rotatable bonds is 5. The zero-order valence-corrected chi connectivity index (χ0v) is 32.8. The number of nitrogens with zero attached hydrogens (tertiary/aromatic N) is 1. The first-order valence-corrected chi connectivity index (χ1v) is 21.2. The maximum absolute atomic E-state index is 6.51.